The first-order valence-corrected chi connectivity index (χ1v) is 10.6. The summed E-state index contributed by atoms with van der Waals surface area (Å²) >= 11 is 0. The first kappa shape index (κ1) is 22.3. The number of ether oxygens (including phenoxy) is 2. The van der Waals surface area contributed by atoms with Crippen LogP contribution in [0.4, 0.5) is 9.59 Å². The molecule has 31 heavy (non-hydrogen) atoms. The second kappa shape index (κ2) is 11.2. The highest BCUT2D eigenvalue weighted by molar-refractivity contribution is 5.93. The number of nitrogens with zero attached hydrogens (tertiary/aromatic N) is 1. The van der Waals surface area contributed by atoms with E-state index < -0.39 is 6.09 Å². The SMILES string of the molecule is CCCC(=O)N1C(=O)OC[C@@H]1Cc1ccccc1.O=C1N[C@@H](Cc2ccccc2)CO1. The molecular formula is C24H28N2O5. The van der Waals surface area contributed by atoms with Crippen LogP contribution < -0.4 is 5.32 Å². The molecule has 2 fully saturated rings. The van der Waals surface area contributed by atoms with Gasteiger partial charge in [0.25, 0.3) is 0 Å². The third kappa shape index (κ3) is 6.57. The minimum atomic E-state index is -0.505. The lowest BCUT2D eigenvalue weighted by molar-refractivity contribution is -0.129. The minimum absolute atomic E-state index is 0.134. The van der Waals surface area contributed by atoms with Crippen LogP contribution in [0.15, 0.2) is 60.7 Å². The molecule has 0 radical (unpaired) electrons. The standard InChI is InChI=1S/C14H17NO3.C10H11NO2/c1-2-6-13(16)15-12(10-18-14(15)17)9-11-7-4-3-5-8-11;12-10-11-9(7-13-10)6-8-4-2-1-3-5-8/h3-5,7-8,12H,2,6,9-10H2,1H3;1-5,9H,6-7H2,(H,11,12)/t12-;9-/m00/s1. The molecule has 2 aromatic carbocycles. The van der Waals surface area contributed by atoms with Crippen LogP contribution in [0.25, 0.3) is 0 Å². The molecule has 7 heteroatoms. The second-order valence-electron chi connectivity index (χ2n) is 7.56. The number of carbonyl (C=O) groups is 3. The number of cyclic esters (lactones) is 2. The zero-order chi connectivity index (χ0) is 22.1. The van der Waals surface area contributed by atoms with Crippen molar-refractivity contribution in [2.75, 3.05) is 13.2 Å². The molecule has 2 atom stereocenters. The fraction of sp³-hybridized carbons (Fsp3) is 0.375. The molecule has 0 saturated carbocycles. The van der Waals surface area contributed by atoms with E-state index >= 15 is 0 Å². The Kier molecular flexibility index (Phi) is 8.04. The van der Waals surface area contributed by atoms with Crippen LogP contribution in [0.2, 0.25) is 0 Å². The van der Waals surface area contributed by atoms with E-state index in [4.69, 9.17) is 9.47 Å². The van der Waals surface area contributed by atoms with E-state index in [9.17, 15) is 14.4 Å². The largest absolute Gasteiger partial charge is 0.447 e. The fourth-order valence-electron chi connectivity index (χ4n) is 3.57. The van der Waals surface area contributed by atoms with Gasteiger partial charge in [-0.3, -0.25) is 4.79 Å². The van der Waals surface area contributed by atoms with Gasteiger partial charge in [0, 0.05) is 6.42 Å². The Morgan fingerprint density at radius 3 is 2.10 bits per heavy atom. The number of benzene rings is 2. The predicted octanol–water partition coefficient (Wildman–Crippen LogP) is 3.71. The number of hydrogen-bond acceptors (Lipinski definition) is 5. The highest BCUT2D eigenvalue weighted by Crippen LogP contribution is 2.18. The predicted molar refractivity (Wildman–Crippen MR) is 115 cm³/mol. The number of hydrogen-bond donors (Lipinski definition) is 1. The molecule has 3 amide bonds. The lowest BCUT2D eigenvalue weighted by Gasteiger charge is -2.19. The minimum Gasteiger partial charge on any atom is -0.447 e. The van der Waals surface area contributed by atoms with Crippen LogP contribution in [-0.2, 0) is 27.1 Å². The molecule has 2 aromatic rings. The first-order valence-electron chi connectivity index (χ1n) is 10.6. The van der Waals surface area contributed by atoms with Gasteiger partial charge in [0.15, 0.2) is 0 Å². The summed E-state index contributed by atoms with van der Waals surface area (Å²) in [4.78, 5) is 35.4. The third-order valence-corrected chi connectivity index (χ3v) is 5.07. The average Bonchev–Trinajstić information content (AvgIpc) is 3.35. The van der Waals surface area contributed by atoms with Crippen molar-refractivity contribution >= 4 is 18.1 Å². The molecule has 4 rings (SSSR count). The molecule has 7 nitrogen and oxygen atoms in total. The molecule has 0 unspecified atom stereocenters. The molecule has 0 spiro atoms. The zero-order valence-electron chi connectivity index (χ0n) is 17.7. The number of nitrogens with one attached hydrogen (secondary N) is 1. The van der Waals surface area contributed by atoms with Gasteiger partial charge in [-0.1, -0.05) is 67.6 Å². The Morgan fingerprint density at radius 2 is 1.55 bits per heavy atom. The van der Waals surface area contributed by atoms with Gasteiger partial charge >= 0.3 is 12.2 Å². The molecule has 0 aliphatic carbocycles. The highest BCUT2D eigenvalue weighted by Gasteiger charge is 2.37. The molecule has 2 aliphatic rings. The van der Waals surface area contributed by atoms with Gasteiger partial charge < -0.3 is 14.8 Å². The highest BCUT2D eigenvalue weighted by atomic mass is 16.6. The van der Waals surface area contributed by atoms with Gasteiger partial charge in [0.2, 0.25) is 5.91 Å². The molecule has 164 valence electrons. The monoisotopic (exact) mass is 424 g/mol. The lowest BCUT2D eigenvalue weighted by Crippen LogP contribution is -2.40. The van der Waals surface area contributed by atoms with E-state index in [2.05, 4.69) is 5.32 Å². The van der Waals surface area contributed by atoms with Gasteiger partial charge in [-0.25, -0.2) is 14.5 Å². The summed E-state index contributed by atoms with van der Waals surface area (Å²) in [6, 6.07) is 19.9. The van der Waals surface area contributed by atoms with Crippen molar-refractivity contribution in [3.63, 3.8) is 0 Å². The number of imide groups is 1. The first-order chi connectivity index (χ1) is 15.1. The molecule has 2 saturated heterocycles. The maximum absolute atomic E-state index is 11.9. The molecule has 2 heterocycles. The van der Waals surface area contributed by atoms with Gasteiger partial charge in [0.05, 0.1) is 12.1 Å². The summed E-state index contributed by atoms with van der Waals surface area (Å²) in [5, 5.41) is 2.74. The van der Waals surface area contributed by atoms with Gasteiger partial charge in [0.1, 0.15) is 13.2 Å². The number of carbonyl (C=O) groups excluding carboxylic acids is 3. The Morgan fingerprint density at radius 1 is 0.935 bits per heavy atom. The maximum Gasteiger partial charge on any atom is 0.416 e. The average molecular weight is 424 g/mol. The van der Waals surface area contributed by atoms with Crippen molar-refractivity contribution < 1.29 is 23.9 Å². The molecule has 2 aliphatic heterocycles. The van der Waals surface area contributed by atoms with Crippen molar-refractivity contribution in [3.8, 4) is 0 Å². The van der Waals surface area contributed by atoms with Gasteiger partial charge in [-0.15, -0.1) is 0 Å². The van der Waals surface area contributed by atoms with E-state index in [0.29, 0.717) is 26.1 Å². The molecule has 0 bridgehead atoms. The maximum atomic E-state index is 11.9. The Bertz CT molecular complexity index is 872. The summed E-state index contributed by atoms with van der Waals surface area (Å²) in [5.74, 6) is -0.138. The normalized spacial score (nSPS) is 19.7. The third-order valence-electron chi connectivity index (χ3n) is 5.07. The fourth-order valence-corrected chi connectivity index (χ4v) is 3.57. The van der Waals surface area contributed by atoms with E-state index in [1.165, 1.54) is 10.5 Å². The summed E-state index contributed by atoms with van der Waals surface area (Å²) in [6.07, 6.45) is 1.81. The Hall–Kier alpha value is -3.35. The lowest BCUT2D eigenvalue weighted by atomic mass is 10.1. The Balaban J connectivity index is 0.000000185. The van der Waals surface area contributed by atoms with Crippen LogP contribution in [0, 0.1) is 0 Å². The second-order valence-corrected chi connectivity index (χ2v) is 7.56. The molecule has 1 N–H and O–H groups in total. The van der Waals surface area contributed by atoms with Crippen LogP contribution in [-0.4, -0.2) is 48.3 Å². The van der Waals surface area contributed by atoms with E-state index in [1.54, 1.807) is 0 Å². The number of amides is 3. The number of alkyl carbamates (subject to hydrolysis) is 1. The van der Waals surface area contributed by atoms with E-state index in [-0.39, 0.29) is 24.1 Å². The molecule has 0 aromatic heterocycles. The smallest absolute Gasteiger partial charge is 0.416 e. The van der Waals surface area contributed by atoms with Crippen LogP contribution in [0.1, 0.15) is 30.9 Å². The van der Waals surface area contributed by atoms with Crippen molar-refractivity contribution in [2.45, 2.75) is 44.7 Å². The van der Waals surface area contributed by atoms with Crippen LogP contribution >= 0.6 is 0 Å². The van der Waals surface area contributed by atoms with Crippen molar-refractivity contribution in [1.29, 1.82) is 0 Å². The van der Waals surface area contributed by atoms with E-state index in [0.717, 1.165) is 18.4 Å². The number of rotatable bonds is 6. The molecular weight excluding hydrogens is 396 g/mol. The summed E-state index contributed by atoms with van der Waals surface area (Å²) in [5.41, 5.74) is 2.33. The van der Waals surface area contributed by atoms with E-state index in [1.807, 2.05) is 67.6 Å². The van der Waals surface area contributed by atoms with Crippen molar-refractivity contribution in [3.05, 3.63) is 71.8 Å². The van der Waals surface area contributed by atoms with Gasteiger partial charge in [-0.2, -0.15) is 0 Å². The van der Waals surface area contributed by atoms with Crippen LogP contribution in [0.5, 0.6) is 0 Å². The summed E-state index contributed by atoms with van der Waals surface area (Å²) in [6.45, 7) is 2.70. The Labute approximate surface area is 182 Å². The summed E-state index contributed by atoms with van der Waals surface area (Å²) in [7, 11) is 0. The quantitative estimate of drug-likeness (QED) is 0.764. The van der Waals surface area contributed by atoms with Crippen molar-refractivity contribution in [2.24, 2.45) is 0 Å². The van der Waals surface area contributed by atoms with Crippen LogP contribution in [0.3, 0.4) is 0 Å². The summed E-state index contributed by atoms with van der Waals surface area (Å²) < 4.78 is 9.77. The van der Waals surface area contributed by atoms with Gasteiger partial charge in [-0.05, 0) is 30.4 Å². The zero-order valence-corrected chi connectivity index (χ0v) is 17.7. The van der Waals surface area contributed by atoms with Crippen molar-refractivity contribution in [1.82, 2.24) is 10.2 Å². The topological polar surface area (TPSA) is 84.9 Å².